The predicted molar refractivity (Wildman–Crippen MR) is 83.4 cm³/mol. The van der Waals surface area contributed by atoms with Gasteiger partial charge in [0.2, 0.25) is 0 Å². The fraction of sp³-hybridized carbons (Fsp3) is 0.500. The first-order valence-corrected chi connectivity index (χ1v) is 7.47. The van der Waals surface area contributed by atoms with Crippen LogP contribution in [0.2, 0.25) is 0 Å². The van der Waals surface area contributed by atoms with E-state index in [1.165, 1.54) is 0 Å². The molecule has 0 aliphatic rings. The van der Waals surface area contributed by atoms with Gasteiger partial charge >= 0.3 is 0 Å². The largest absolute Gasteiger partial charge is 0.493 e. The van der Waals surface area contributed by atoms with Crippen molar-refractivity contribution in [3.05, 3.63) is 42.0 Å². The Bertz CT molecular complexity index is 538. The number of ether oxygens (including phenoxy) is 1. The van der Waals surface area contributed by atoms with Crippen molar-refractivity contribution in [3.63, 3.8) is 0 Å². The maximum atomic E-state index is 5.47. The van der Waals surface area contributed by atoms with Crippen LogP contribution in [0.4, 0.5) is 0 Å². The molecule has 0 aliphatic carbocycles. The minimum atomic E-state index is 0.205. The molecule has 21 heavy (non-hydrogen) atoms. The molecule has 0 aromatic carbocycles. The van der Waals surface area contributed by atoms with E-state index in [1.54, 1.807) is 13.3 Å². The summed E-state index contributed by atoms with van der Waals surface area (Å²) in [6.07, 6.45) is 6.57. The van der Waals surface area contributed by atoms with E-state index >= 15 is 0 Å². The summed E-state index contributed by atoms with van der Waals surface area (Å²) in [5.41, 5.74) is 2.23. The van der Waals surface area contributed by atoms with E-state index in [2.05, 4.69) is 28.4 Å². The number of aryl methyl sites for hydroxylation is 2. The molecule has 2 aromatic heterocycles. The quantitative estimate of drug-likeness (QED) is 0.811. The van der Waals surface area contributed by atoms with Crippen LogP contribution in [0, 0.1) is 0 Å². The molecule has 0 bridgehead atoms. The Balaban J connectivity index is 2.14. The minimum Gasteiger partial charge on any atom is -0.493 e. The third kappa shape index (κ3) is 3.82. The lowest BCUT2D eigenvalue weighted by Gasteiger charge is -2.19. The molecule has 5 heteroatoms. The molecule has 0 amide bonds. The summed E-state index contributed by atoms with van der Waals surface area (Å²) >= 11 is 0. The zero-order valence-corrected chi connectivity index (χ0v) is 13.0. The zero-order valence-electron chi connectivity index (χ0n) is 13.0. The van der Waals surface area contributed by atoms with Crippen LogP contribution in [0.25, 0.3) is 0 Å². The van der Waals surface area contributed by atoms with Gasteiger partial charge in [-0.2, -0.15) is 5.10 Å². The number of hydrogen-bond donors (Lipinski definition) is 1. The van der Waals surface area contributed by atoms with E-state index < -0.39 is 0 Å². The van der Waals surface area contributed by atoms with Crippen LogP contribution >= 0.6 is 0 Å². The number of rotatable bonds is 8. The Morgan fingerprint density at radius 1 is 1.38 bits per heavy atom. The van der Waals surface area contributed by atoms with Gasteiger partial charge < -0.3 is 10.1 Å². The molecule has 0 saturated carbocycles. The van der Waals surface area contributed by atoms with E-state index in [-0.39, 0.29) is 6.04 Å². The molecule has 0 aliphatic heterocycles. The average Bonchev–Trinajstić information content (AvgIpc) is 2.92. The fourth-order valence-corrected chi connectivity index (χ4v) is 2.53. The molecule has 2 heterocycles. The second-order valence-electron chi connectivity index (χ2n) is 5.02. The maximum Gasteiger partial charge on any atom is 0.161 e. The summed E-state index contributed by atoms with van der Waals surface area (Å²) < 4.78 is 7.51. The third-order valence-electron chi connectivity index (χ3n) is 3.59. The first-order valence-electron chi connectivity index (χ1n) is 7.47. The van der Waals surface area contributed by atoms with Gasteiger partial charge in [0.1, 0.15) is 0 Å². The van der Waals surface area contributed by atoms with Crippen LogP contribution in [-0.2, 0) is 13.0 Å². The highest BCUT2D eigenvalue weighted by Gasteiger charge is 2.20. The van der Waals surface area contributed by atoms with Crippen LogP contribution in [0.15, 0.2) is 30.6 Å². The monoisotopic (exact) mass is 288 g/mol. The molecule has 2 rings (SSSR count). The van der Waals surface area contributed by atoms with Gasteiger partial charge in [-0.25, -0.2) is 0 Å². The first kappa shape index (κ1) is 15.5. The molecular weight excluding hydrogens is 264 g/mol. The van der Waals surface area contributed by atoms with Crippen molar-refractivity contribution in [2.75, 3.05) is 14.2 Å². The maximum absolute atomic E-state index is 5.47. The predicted octanol–water partition coefficient (Wildman–Crippen LogP) is 2.59. The summed E-state index contributed by atoms with van der Waals surface area (Å²) in [5, 5.41) is 7.82. The Hall–Kier alpha value is -1.88. The lowest BCUT2D eigenvalue weighted by Crippen LogP contribution is -2.22. The van der Waals surface area contributed by atoms with Crippen molar-refractivity contribution >= 4 is 0 Å². The molecule has 1 unspecified atom stereocenters. The molecule has 0 radical (unpaired) electrons. The van der Waals surface area contributed by atoms with Crippen LogP contribution in [0.1, 0.15) is 37.2 Å². The van der Waals surface area contributed by atoms with Crippen LogP contribution < -0.4 is 10.1 Å². The van der Waals surface area contributed by atoms with Gasteiger partial charge in [0.05, 0.1) is 25.0 Å². The van der Waals surface area contributed by atoms with Gasteiger partial charge in [-0.05, 0) is 38.4 Å². The Kier molecular flexibility index (Phi) is 5.75. The number of hydrogen-bond acceptors (Lipinski definition) is 4. The lowest BCUT2D eigenvalue weighted by molar-refractivity contribution is 0.389. The van der Waals surface area contributed by atoms with Crippen molar-refractivity contribution in [1.82, 2.24) is 20.1 Å². The Labute approximate surface area is 126 Å². The highest BCUT2D eigenvalue weighted by atomic mass is 16.5. The van der Waals surface area contributed by atoms with Gasteiger partial charge in [-0.15, -0.1) is 0 Å². The van der Waals surface area contributed by atoms with E-state index in [0.717, 1.165) is 42.9 Å². The molecular formula is C16H24N4O. The molecule has 114 valence electrons. The van der Waals surface area contributed by atoms with Crippen LogP contribution in [0.5, 0.6) is 5.75 Å². The molecule has 1 atom stereocenters. The standard InChI is InChI=1S/C16H24N4O/c1-4-11-20-16(15(21-3)12-19-20)14(17-2)9-8-13-7-5-6-10-18-13/h5-7,10,12,14,17H,4,8-9,11H2,1-3H3. The molecule has 0 saturated heterocycles. The second kappa shape index (κ2) is 7.78. The Morgan fingerprint density at radius 3 is 2.86 bits per heavy atom. The van der Waals surface area contributed by atoms with Crippen molar-refractivity contribution in [2.24, 2.45) is 0 Å². The number of pyridine rings is 1. The van der Waals surface area contributed by atoms with E-state index in [1.807, 2.05) is 30.1 Å². The molecule has 2 aromatic rings. The number of nitrogens with one attached hydrogen (secondary N) is 1. The number of aromatic nitrogens is 3. The lowest BCUT2D eigenvalue weighted by atomic mass is 10.1. The fourth-order valence-electron chi connectivity index (χ4n) is 2.53. The topological polar surface area (TPSA) is 52.0 Å². The SMILES string of the molecule is CCCn1ncc(OC)c1C(CCc1ccccn1)NC. The van der Waals surface area contributed by atoms with E-state index in [9.17, 15) is 0 Å². The smallest absolute Gasteiger partial charge is 0.161 e. The minimum absolute atomic E-state index is 0.205. The summed E-state index contributed by atoms with van der Waals surface area (Å²) in [6, 6.07) is 6.24. The molecule has 0 spiro atoms. The summed E-state index contributed by atoms with van der Waals surface area (Å²) in [7, 11) is 3.67. The van der Waals surface area contributed by atoms with Gasteiger partial charge in [-0.3, -0.25) is 9.67 Å². The van der Waals surface area contributed by atoms with Gasteiger partial charge in [0, 0.05) is 18.4 Å². The first-order chi connectivity index (χ1) is 10.3. The Morgan fingerprint density at radius 2 is 2.24 bits per heavy atom. The highest BCUT2D eigenvalue weighted by Crippen LogP contribution is 2.28. The summed E-state index contributed by atoms with van der Waals surface area (Å²) in [5.74, 6) is 0.851. The highest BCUT2D eigenvalue weighted by molar-refractivity contribution is 5.28. The molecule has 0 fully saturated rings. The zero-order chi connectivity index (χ0) is 15.1. The normalized spacial score (nSPS) is 12.3. The van der Waals surface area contributed by atoms with Gasteiger partial charge in [0.15, 0.2) is 5.75 Å². The van der Waals surface area contributed by atoms with Crippen molar-refractivity contribution in [1.29, 1.82) is 0 Å². The van der Waals surface area contributed by atoms with Crippen molar-refractivity contribution < 1.29 is 4.74 Å². The molecule has 5 nitrogen and oxygen atoms in total. The van der Waals surface area contributed by atoms with Crippen molar-refractivity contribution in [3.8, 4) is 5.75 Å². The average molecular weight is 288 g/mol. The third-order valence-corrected chi connectivity index (χ3v) is 3.59. The van der Waals surface area contributed by atoms with Crippen molar-refractivity contribution in [2.45, 2.75) is 38.8 Å². The van der Waals surface area contributed by atoms with E-state index in [4.69, 9.17) is 4.74 Å². The molecule has 1 N–H and O–H groups in total. The van der Waals surface area contributed by atoms with Gasteiger partial charge in [-0.1, -0.05) is 13.0 Å². The van der Waals surface area contributed by atoms with Gasteiger partial charge in [0.25, 0.3) is 0 Å². The summed E-state index contributed by atoms with van der Waals surface area (Å²) in [4.78, 5) is 4.39. The van der Waals surface area contributed by atoms with Crippen LogP contribution in [-0.4, -0.2) is 28.9 Å². The summed E-state index contributed by atoms with van der Waals surface area (Å²) in [6.45, 7) is 3.06. The number of methoxy groups -OCH3 is 1. The van der Waals surface area contributed by atoms with Crippen LogP contribution in [0.3, 0.4) is 0 Å². The van der Waals surface area contributed by atoms with E-state index in [0.29, 0.717) is 0 Å². The number of nitrogens with zero attached hydrogens (tertiary/aromatic N) is 3. The second-order valence-corrected chi connectivity index (χ2v) is 5.02.